The number of hydrogen-bond donors (Lipinski definition) is 0. The van der Waals surface area contributed by atoms with Gasteiger partial charge in [0.15, 0.2) is 0 Å². The van der Waals surface area contributed by atoms with Crippen molar-refractivity contribution in [3.8, 4) is 0 Å². The van der Waals surface area contributed by atoms with E-state index in [4.69, 9.17) is 0 Å². The first-order chi connectivity index (χ1) is 0. The minimum atomic E-state index is 0. The van der Waals surface area contributed by atoms with Crippen LogP contribution in [0.2, 0.25) is 0 Å². The summed E-state index contributed by atoms with van der Waals surface area (Å²) in [5.74, 6) is 0. The Kier molecular flexibility index (Phi) is 115. The van der Waals surface area contributed by atoms with Crippen molar-refractivity contribution in [2.24, 2.45) is 0 Å². The summed E-state index contributed by atoms with van der Waals surface area (Å²) in [7, 11) is 0. The van der Waals surface area contributed by atoms with Crippen LogP contribution in [0.3, 0.4) is 0 Å². The van der Waals surface area contributed by atoms with E-state index in [1.807, 2.05) is 0 Å². The zero-order valence-electron chi connectivity index (χ0n) is 1.63. The normalized spacial score (nSPS) is 0. The average Bonchev–Trinajstić information content (AvgIpc) is 0. The van der Waals surface area contributed by atoms with Gasteiger partial charge in [-0.05, 0) is 0 Å². The first kappa shape index (κ1) is 27.7. The van der Waals surface area contributed by atoms with Crippen LogP contribution in [0.4, 0.5) is 0 Å². The Bertz CT molecular complexity index is 3.25. The maximum absolute atomic E-state index is 0. The molecule has 0 bridgehead atoms. The summed E-state index contributed by atoms with van der Waals surface area (Å²) < 4.78 is 0. The van der Waals surface area contributed by atoms with Gasteiger partial charge in [0.1, 0.15) is 0 Å². The molecule has 0 unspecified atom stereocenters. The summed E-state index contributed by atoms with van der Waals surface area (Å²) in [4.78, 5) is 0. The summed E-state index contributed by atoms with van der Waals surface area (Å²) in [6.07, 6.45) is 0. The number of halogens is 3. The summed E-state index contributed by atoms with van der Waals surface area (Å²) in [6, 6.07) is 0. The second-order valence-corrected chi connectivity index (χ2v) is 0. The van der Waals surface area contributed by atoms with E-state index in [1.54, 1.807) is 0 Å². The van der Waals surface area contributed by atoms with Crippen LogP contribution in [-0.4, -0.2) is 0 Å². The molecule has 0 rings (SSSR count). The maximum Gasteiger partial charge on any atom is 0 e. The number of rotatable bonds is 0. The van der Waals surface area contributed by atoms with Crippen molar-refractivity contribution < 1.29 is 97.8 Å². The quantitative estimate of drug-likeness (QED) is 0.205. The number of hydrogen-bond acceptors (Lipinski definition) is 0. The molecule has 0 saturated heterocycles. The predicted octanol–water partition coefficient (Wildman–Crippen LogP) is -8.99. The van der Waals surface area contributed by atoms with E-state index in [0.29, 0.717) is 0 Å². The molecule has 0 saturated carbocycles. The zero-order chi connectivity index (χ0) is 0. The van der Waals surface area contributed by atoms with Crippen molar-refractivity contribution in [1.82, 2.24) is 0 Å². The van der Waals surface area contributed by atoms with Gasteiger partial charge in [0, 0.05) is 25.8 Å². The van der Waals surface area contributed by atoms with E-state index in [-0.39, 0.29) is 97.8 Å². The second kappa shape index (κ2) is 16.6. The molecule has 0 aromatic heterocycles. The summed E-state index contributed by atoms with van der Waals surface area (Å²) in [5.41, 5.74) is 0. The van der Waals surface area contributed by atoms with E-state index in [0.717, 1.165) is 0 Å². The fraction of sp³-hybridized carbons (Fsp3) is 0. The molecule has 0 nitrogen and oxygen atoms in total. The van der Waals surface area contributed by atoms with Gasteiger partial charge in [0.05, 0.1) is 0 Å². The minimum absolute atomic E-state index is 0. The van der Waals surface area contributed by atoms with Crippen molar-refractivity contribution >= 4 is 0 Å². The van der Waals surface area contributed by atoms with E-state index < -0.39 is 0 Å². The van der Waals surface area contributed by atoms with Gasteiger partial charge in [-0.25, -0.2) is 0 Å². The maximum atomic E-state index is 0. The zero-order valence-corrected chi connectivity index (χ0v) is 11.7. The van der Waals surface area contributed by atoms with Crippen molar-refractivity contribution in [3.63, 3.8) is 0 Å². The van der Waals surface area contributed by atoms with Crippen LogP contribution < -0.4 is 71.9 Å². The Morgan fingerprint density at radius 3 is 0.500 bits per heavy atom. The van der Waals surface area contributed by atoms with E-state index in [9.17, 15) is 0 Å². The fourth-order valence-corrected chi connectivity index (χ4v) is 0. The molecule has 0 aliphatic rings. The Hall–Kier alpha value is 3.06. The van der Waals surface area contributed by atoms with Crippen LogP contribution in [0, 0.1) is 0 Å². The van der Waals surface area contributed by atoms with Crippen molar-refractivity contribution in [2.45, 2.75) is 0 Å². The molecule has 0 heterocycles. The summed E-state index contributed by atoms with van der Waals surface area (Å²) in [6.45, 7) is 0. The third-order valence-corrected chi connectivity index (χ3v) is 0. The topological polar surface area (TPSA) is 0 Å². The van der Waals surface area contributed by atoms with Crippen LogP contribution in [0.1, 0.15) is 0 Å². The monoisotopic (exact) mass is 561 g/mol. The molecule has 0 amide bonds. The molecule has 0 aliphatic heterocycles. The largest absolute Gasteiger partial charge is 1.00 e. The van der Waals surface area contributed by atoms with Crippen LogP contribution >= 0.6 is 0 Å². The van der Waals surface area contributed by atoms with Crippen LogP contribution in [0.15, 0.2) is 0 Å². The molecule has 0 atom stereocenters. The minimum Gasteiger partial charge on any atom is -1.00 e. The van der Waals surface area contributed by atoms with E-state index in [2.05, 4.69) is 0 Å². The van der Waals surface area contributed by atoms with Gasteiger partial charge >= 0.3 is 0 Å². The molecule has 0 fully saturated rings. The van der Waals surface area contributed by atoms with Gasteiger partial charge < -0.3 is 71.9 Å². The van der Waals surface area contributed by atoms with Crippen molar-refractivity contribution in [2.75, 3.05) is 0 Å². The van der Waals surface area contributed by atoms with Crippen molar-refractivity contribution in [1.29, 1.82) is 0 Å². The first-order valence-electron chi connectivity index (χ1n) is 0. The Morgan fingerprint density at radius 2 is 0.500 bits per heavy atom. The van der Waals surface area contributed by atoms with Crippen molar-refractivity contribution in [3.05, 3.63) is 0 Å². The standard InChI is InChI=1S/Hf.3HI/h;3*1H/p-3. The van der Waals surface area contributed by atoms with Gasteiger partial charge in [0.25, 0.3) is 0 Å². The molecule has 0 N–H and O–H groups in total. The molecule has 4 heteroatoms. The fourth-order valence-electron chi connectivity index (χ4n) is 0. The Balaban J connectivity index is 0. The van der Waals surface area contributed by atoms with Crippen LogP contribution in [0.25, 0.3) is 0 Å². The van der Waals surface area contributed by atoms with Gasteiger partial charge in [-0.3, -0.25) is 0 Å². The summed E-state index contributed by atoms with van der Waals surface area (Å²) in [5, 5.41) is 0. The molecule has 28 valence electrons. The Morgan fingerprint density at radius 1 is 0.500 bits per heavy atom. The molecule has 0 spiro atoms. The third kappa shape index (κ3) is 8.91. The van der Waals surface area contributed by atoms with Gasteiger partial charge in [0.2, 0.25) is 0 Å². The van der Waals surface area contributed by atoms with Gasteiger partial charge in [-0.1, -0.05) is 0 Å². The molecular formula is HfI3-3. The summed E-state index contributed by atoms with van der Waals surface area (Å²) >= 11 is 0. The molecule has 0 radical (unpaired) electrons. The molecule has 0 aromatic rings. The smallest absolute Gasteiger partial charge is 0 e. The SMILES string of the molecule is [Hf].[I-].[I-].[I-]. The second-order valence-electron chi connectivity index (χ2n) is 0. The Labute approximate surface area is 95.7 Å². The van der Waals surface area contributed by atoms with E-state index >= 15 is 0 Å². The third-order valence-electron chi connectivity index (χ3n) is 0. The molecule has 0 aromatic carbocycles. The predicted molar refractivity (Wildman–Crippen MR) is 0 cm³/mol. The van der Waals surface area contributed by atoms with Gasteiger partial charge in [-0.2, -0.15) is 0 Å². The molecule has 0 aliphatic carbocycles. The van der Waals surface area contributed by atoms with Crippen LogP contribution in [0.5, 0.6) is 0 Å². The first-order valence-corrected chi connectivity index (χ1v) is 0. The van der Waals surface area contributed by atoms with E-state index in [1.165, 1.54) is 0 Å². The van der Waals surface area contributed by atoms with Gasteiger partial charge in [-0.15, -0.1) is 0 Å². The van der Waals surface area contributed by atoms with Crippen LogP contribution in [-0.2, 0) is 25.8 Å². The average molecular weight is 559 g/mol. The molecule has 4 heavy (non-hydrogen) atoms. The molecular weight excluding hydrogens is 559 g/mol.